The number of hydrogen-bond donors (Lipinski definition) is 0. The van der Waals surface area contributed by atoms with Gasteiger partial charge in [-0.3, -0.25) is 4.21 Å². The summed E-state index contributed by atoms with van der Waals surface area (Å²) in [6.07, 6.45) is 3.60. The molecule has 0 bridgehead atoms. The molecule has 1 aromatic heterocycles. The van der Waals surface area contributed by atoms with Crippen LogP contribution in [-0.4, -0.2) is 15.0 Å². The smallest absolute Gasteiger partial charge is 0.123 e. The van der Waals surface area contributed by atoms with Gasteiger partial charge in [0, 0.05) is 33.8 Å². The third-order valence-electron chi connectivity index (χ3n) is 3.34. The molecule has 0 aliphatic rings. The predicted octanol–water partition coefficient (Wildman–Crippen LogP) is 4.02. The van der Waals surface area contributed by atoms with Crippen LogP contribution in [0.1, 0.15) is 0 Å². The van der Waals surface area contributed by atoms with Crippen LogP contribution in [0.4, 0.5) is 4.39 Å². The van der Waals surface area contributed by atoms with E-state index in [4.69, 9.17) is 0 Å². The molecular weight excluding hydrogens is 285 g/mol. The van der Waals surface area contributed by atoms with Gasteiger partial charge in [0.05, 0.1) is 5.69 Å². The molecule has 1 heterocycles. The van der Waals surface area contributed by atoms with E-state index >= 15 is 0 Å². The van der Waals surface area contributed by atoms with Crippen LogP contribution in [-0.2, 0) is 10.8 Å². The minimum atomic E-state index is -0.976. The molecule has 1 unspecified atom stereocenters. The minimum absolute atomic E-state index is 0.248. The molecule has 0 saturated carbocycles. The maximum Gasteiger partial charge on any atom is 0.123 e. The Labute approximate surface area is 125 Å². The zero-order valence-corrected chi connectivity index (χ0v) is 12.3. The van der Waals surface area contributed by atoms with Gasteiger partial charge in [-0.1, -0.05) is 12.1 Å². The summed E-state index contributed by atoms with van der Waals surface area (Å²) >= 11 is 0. The fourth-order valence-electron chi connectivity index (χ4n) is 2.26. The molecule has 0 fully saturated rings. The third-order valence-corrected chi connectivity index (χ3v) is 4.27. The van der Waals surface area contributed by atoms with Crippen molar-refractivity contribution in [2.24, 2.45) is 0 Å². The Bertz CT molecular complexity index is 775. The Morgan fingerprint density at radius 1 is 0.952 bits per heavy atom. The first kappa shape index (κ1) is 13.8. The van der Waals surface area contributed by atoms with Gasteiger partial charge < -0.3 is 4.57 Å². The van der Waals surface area contributed by atoms with E-state index in [1.54, 1.807) is 18.4 Å². The van der Waals surface area contributed by atoms with Crippen molar-refractivity contribution in [1.29, 1.82) is 0 Å². The lowest BCUT2D eigenvalue weighted by molar-refractivity contribution is 0.627. The summed E-state index contributed by atoms with van der Waals surface area (Å²) in [6, 6.07) is 18.0. The maximum absolute atomic E-state index is 13.0. The molecule has 4 heteroatoms. The summed E-state index contributed by atoms with van der Waals surface area (Å²) in [5, 5.41) is 0. The molecule has 106 valence electrons. The molecule has 2 nitrogen and oxygen atoms in total. The first-order valence-corrected chi connectivity index (χ1v) is 8.08. The summed E-state index contributed by atoms with van der Waals surface area (Å²) in [5.41, 5.74) is 2.94. The molecule has 0 radical (unpaired) electrons. The molecule has 0 aliphatic carbocycles. The van der Waals surface area contributed by atoms with E-state index in [0.717, 1.165) is 21.8 Å². The van der Waals surface area contributed by atoms with Gasteiger partial charge in [-0.2, -0.15) is 0 Å². The quantitative estimate of drug-likeness (QED) is 0.716. The Hall–Kier alpha value is -2.20. The van der Waals surface area contributed by atoms with Crippen LogP contribution in [0, 0.1) is 5.82 Å². The molecule has 0 aliphatic heterocycles. The summed E-state index contributed by atoms with van der Waals surface area (Å²) in [6.45, 7) is 0. The van der Waals surface area contributed by atoms with Crippen LogP contribution >= 0.6 is 0 Å². The summed E-state index contributed by atoms with van der Waals surface area (Å²) in [4.78, 5) is 0.804. The number of benzene rings is 2. The predicted molar refractivity (Wildman–Crippen MR) is 83.5 cm³/mol. The fourth-order valence-corrected chi connectivity index (χ4v) is 2.78. The fraction of sp³-hybridized carbons (Fsp3) is 0.0588. The number of aromatic nitrogens is 1. The molecule has 2 aromatic carbocycles. The van der Waals surface area contributed by atoms with Crippen LogP contribution in [0.15, 0.2) is 71.8 Å². The van der Waals surface area contributed by atoms with Crippen LogP contribution in [0.2, 0.25) is 0 Å². The molecule has 1 atom stereocenters. The summed E-state index contributed by atoms with van der Waals surface area (Å²) in [7, 11) is -0.976. The molecule has 0 saturated heterocycles. The second-order valence-electron chi connectivity index (χ2n) is 4.72. The Balaban J connectivity index is 2.02. The lowest BCUT2D eigenvalue weighted by atomic mass is 10.1. The monoisotopic (exact) mass is 299 g/mol. The van der Waals surface area contributed by atoms with Gasteiger partial charge in [0.2, 0.25) is 0 Å². The van der Waals surface area contributed by atoms with E-state index in [-0.39, 0.29) is 5.82 Å². The Morgan fingerprint density at radius 3 is 2.24 bits per heavy atom. The van der Waals surface area contributed by atoms with Gasteiger partial charge in [0.1, 0.15) is 5.82 Å². The van der Waals surface area contributed by atoms with E-state index in [9.17, 15) is 8.60 Å². The van der Waals surface area contributed by atoms with Crippen molar-refractivity contribution in [2.75, 3.05) is 6.26 Å². The third kappa shape index (κ3) is 2.81. The zero-order valence-electron chi connectivity index (χ0n) is 11.5. The van der Waals surface area contributed by atoms with Crippen molar-refractivity contribution >= 4 is 10.8 Å². The average Bonchev–Trinajstić information content (AvgIpc) is 2.97. The van der Waals surface area contributed by atoms with Crippen LogP contribution in [0.3, 0.4) is 0 Å². The standard InChI is InChI=1S/C17H14FNOS/c1-21(20)16-10-4-13(5-11-16)17-3-2-12-19(17)15-8-6-14(18)7-9-15/h2-12H,1H3. The molecule has 0 amide bonds. The lowest BCUT2D eigenvalue weighted by Gasteiger charge is -2.10. The average molecular weight is 299 g/mol. The van der Waals surface area contributed by atoms with Gasteiger partial charge >= 0.3 is 0 Å². The Morgan fingerprint density at radius 2 is 1.62 bits per heavy atom. The zero-order chi connectivity index (χ0) is 14.8. The number of rotatable bonds is 3. The van der Waals surface area contributed by atoms with Crippen molar-refractivity contribution in [2.45, 2.75) is 4.90 Å². The van der Waals surface area contributed by atoms with Crippen molar-refractivity contribution in [3.8, 4) is 16.9 Å². The number of halogens is 1. The second kappa shape index (κ2) is 5.66. The van der Waals surface area contributed by atoms with E-state index < -0.39 is 10.8 Å². The van der Waals surface area contributed by atoms with Gasteiger partial charge in [-0.25, -0.2) is 4.39 Å². The first-order valence-electron chi connectivity index (χ1n) is 6.52. The van der Waals surface area contributed by atoms with E-state index in [2.05, 4.69) is 0 Å². The lowest BCUT2D eigenvalue weighted by Crippen LogP contribution is -1.95. The highest BCUT2D eigenvalue weighted by atomic mass is 32.2. The van der Waals surface area contributed by atoms with E-state index in [1.807, 2.05) is 47.2 Å². The van der Waals surface area contributed by atoms with E-state index in [0.29, 0.717) is 0 Å². The molecule has 3 rings (SSSR count). The number of nitrogens with zero attached hydrogens (tertiary/aromatic N) is 1. The highest BCUT2D eigenvalue weighted by Gasteiger charge is 2.07. The largest absolute Gasteiger partial charge is 0.317 e. The highest BCUT2D eigenvalue weighted by Crippen LogP contribution is 2.24. The molecule has 0 spiro atoms. The summed E-state index contributed by atoms with van der Waals surface area (Å²) < 4.78 is 26.5. The topological polar surface area (TPSA) is 22.0 Å². The molecule has 21 heavy (non-hydrogen) atoms. The molecule has 0 N–H and O–H groups in total. The van der Waals surface area contributed by atoms with Gasteiger partial charge in [0.25, 0.3) is 0 Å². The van der Waals surface area contributed by atoms with Crippen molar-refractivity contribution < 1.29 is 8.60 Å². The SMILES string of the molecule is CS(=O)c1ccc(-c2cccn2-c2ccc(F)cc2)cc1. The van der Waals surface area contributed by atoms with E-state index in [1.165, 1.54) is 12.1 Å². The Kier molecular flexibility index (Phi) is 3.71. The number of hydrogen-bond acceptors (Lipinski definition) is 1. The molecule has 3 aromatic rings. The van der Waals surface area contributed by atoms with Crippen LogP contribution < -0.4 is 0 Å². The van der Waals surface area contributed by atoms with Crippen molar-refractivity contribution in [1.82, 2.24) is 4.57 Å². The highest BCUT2D eigenvalue weighted by molar-refractivity contribution is 7.84. The minimum Gasteiger partial charge on any atom is -0.317 e. The second-order valence-corrected chi connectivity index (χ2v) is 6.10. The van der Waals surface area contributed by atoms with Crippen LogP contribution in [0.25, 0.3) is 16.9 Å². The maximum atomic E-state index is 13.0. The van der Waals surface area contributed by atoms with Crippen molar-refractivity contribution in [3.63, 3.8) is 0 Å². The molecular formula is C17H14FNOS. The van der Waals surface area contributed by atoms with Gasteiger partial charge in [-0.15, -0.1) is 0 Å². The first-order chi connectivity index (χ1) is 10.1. The van der Waals surface area contributed by atoms with Crippen LogP contribution in [0.5, 0.6) is 0 Å². The van der Waals surface area contributed by atoms with Gasteiger partial charge in [-0.05, 0) is 54.1 Å². The van der Waals surface area contributed by atoms with Crippen molar-refractivity contribution in [3.05, 3.63) is 72.7 Å². The normalized spacial score (nSPS) is 12.3. The summed E-state index contributed by atoms with van der Waals surface area (Å²) in [5.74, 6) is -0.248. The van der Waals surface area contributed by atoms with Gasteiger partial charge in [0.15, 0.2) is 0 Å².